The molecule has 1 aliphatic heterocycles. The van der Waals surface area contributed by atoms with E-state index in [0.717, 1.165) is 0 Å². The van der Waals surface area contributed by atoms with Crippen LogP contribution in [0, 0.1) is 16.0 Å². The predicted octanol–water partition coefficient (Wildman–Crippen LogP) is 1.39. The van der Waals surface area contributed by atoms with Crippen molar-refractivity contribution < 1.29 is 14.5 Å². The monoisotopic (exact) mass is 372 g/mol. The molecule has 10 nitrogen and oxygen atoms in total. The third-order valence-electron chi connectivity index (χ3n) is 4.35. The van der Waals surface area contributed by atoms with Gasteiger partial charge in [0.05, 0.1) is 17.1 Å². The van der Waals surface area contributed by atoms with Crippen LogP contribution < -0.4 is 11.2 Å². The van der Waals surface area contributed by atoms with E-state index in [1.807, 2.05) is 0 Å². The summed E-state index contributed by atoms with van der Waals surface area (Å²) in [4.78, 5) is 56.4. The lowest BCUT2D eigenvalue weighted by Crippen LogP contribution is -2.38. The largest absolute Gasteiger partial charge is 0.465 e. The number of para-hydroxylation sites is 1. The quantitative estimate of drug-likeness (QED) is 0.471. The van der Waals surface area contributed by atoms with Gasteiger partial charge in [0.1, 0.15) is 11.7 Å². The minimum absolute atomic E-state index is 0.0208. The van der Waals surface area contributed by atoms with Crippen LogP contribution in [0.2, 0.25) is 0 Å². The van der Waals surface area contributed by atoms with E-state index in [0.29, 0.717) is 0 Å². The molecule has 140 valence electrons. The Balaban J connectivity index is 2.35. The van der Waals surface area contributed by atoms with Gasteiger partial charge in [-0.05, 0) is 13.8 Å². The second-order valence-corrected chi connectivity index (χ2v) is 5.95. The van der Waals surface area contributed by atoms with E-state index in [2.05, 4.69) is 15.0 Å². The molecule has 0 fully saturated rings. The third kappa shape index (κ3) is 3.16. The summed E-state index contributed by atoms with van der Waals surface area (Å²) in [5.41, 5.74) is -1.34. The van der Waals surface area contributed by atoms with Crippen molar-refractivity contribution in [2.45, 2.75) is 19.8 Å². The molecular weight excluding hydrogens is 356 g/mol. The number of carbonyl (C=O) groups excluding carboxylic acids is 1. The molecule has 0 saturated carbocycles. The van der Waals surface area contributed by atoms with Crippen LogP contribution in [0.4, 0.5) is 11.5 Å². The second kappa shape index (κ2) is 6.98. The number of aromatic nitrogens is 2. The van der Waals surface area contributed by atoms with E-state index in [9.17, 15) is 24.5 Å². The van der Waals surface area contributed by atoms with Crippen molar-refractivity contribution in [3.05, 3.63) is 66.3 Å². The zero-order valence-electron chi connectivity index (χ0n) is 14.5. The fourth-order valence-corrected chi connectivity index (χ4v) is 3.31. The van der Waals surface area contributed by atoms with Gasteiger partial charge < -0.3 is 4.74 Å². The molecule has 2 atom stereocenters. The highest BCUT2D eigenvalue weighted by atomic mass is 16.6. The first-order valence-electron chi connectivity index (χ1n) is 8.16. The van der Waals surface area contributed by atoms with Crippen molar-refractivity contribution in [1.29, 1.82) is 0 Å². The van der Waals surface area contributed by atoms with E-state index in [1.165, 1.54) is 18.2 Å². The Kier molecular flexibility index (Phi) is 4.72. The van der Waals surface area contributed by atoms with Crippen LogP contribution in [0.15, 0.2) is 38.8 Å². The molecule has 0 spiro atoms. The smallest absolute Gasteiger partial charge is 0.327 e. The summed E-state index contributed by atoms with van der Waals surface area (Å²) in [6.07, 6.45) is 0. The van der Waals surface area contributed by atoms with E-state index >= 15 is 0 Å². The maximum Gasteiger partial charge on any atom is 0.327 e. The number of rotatable bonds is 4. The fraction of sp³-hybridized carbons (Fsp3) is 0.294. The Bertz CT molecular complexity index is 1070. The average molecular weight is 372 g/mol. The number of aromatic amines is 2. The zero-order chi connectivity index (χ0) is 19.7. The molecule has 0 saturated heterocycles. The van der Waals surface area contributed by atoms with Crippen LogP contribution in [-0.2, 0) is 9.53 Å². The number of nitro groups is 1. The highest BCUT2D eigenvalue weighted by Crippen LogP contribution is 2.42. The van der Waals surface area contributed by atoms with E-state index in [1.54, 1.807) is 19.9 Å². The summed E-state index contributed by atoms with van der Waals surface area (Å²) in [6, 6.07) is 5.83. The van der Waals surface area contributed by atoms with Crippen LogP contribution >= 0.6 is 0 Å². The van der Waals surface area contributed by atoms with Crippen molar-refractivity contribution in [3.63, 3.8) is 0 Å². The van der Waals surface area contributed by atoms with Gasteiger partial charge >= 0.3 is 11.7 Å². The Morgan fingerprint density at radius 2 is 2.00 bits per heavy atom. The van der Waals surface area contributed by atoms with Gasteiger partial charge in [-0.25, -0.2) is 9.79 Å². The maximum atomic E-state index is 12.6. The molecule has 0 radical (unpaired) electrons. The number of ether oxygens (including phenoxy) is 1. The van der Waals surface area contributed by atoms with Crippen molar-refractivity contribution in [2.24, 2.45) is 10.9 Å². The fourth-order valence-electron chi connectivity index (χ4n) is 3.31. The minimum Gasteiger partial charge on any atom is -0.465 e. The molecule has 0 aliphatic carbocycles. The molecule has 0 amide bonds. The minimum atomic E-state index is -1.04. The number of hydrogen-bond acceptors (Lipinski definition) is 7. The molecule has 1 aromatic carbocycles. The van der Waals surface area contributed by atoms with Crippen LogP contribution in [0.1, 0.15) is 30.9 Å². The molecular formula is C17H16N4O6. The number of nitrogens with one attached hydrogen (secondary N) is 2. The first-order chi connectivity index (χ1) is 12.8. The first kappa shape index (κ1) is 18.2. The number of nitro benzene ring substituents is 1. The Labute approximate surface area is 152 Å². The topological polar surface area (TPSA) is 148 Å². The number of benzene rings is 1. The summed E-state index contributed by atoms with van der Waals surface area (Å²) < 4.78 is 5.11. The summed E-state index contributed by atoms with van der Waals surface area (Å²) in [7, 11) is 0. The van der Waals surface area contributed by atoms with Gasteiger partial charge in [0.2, 0.25) is 0 Å². The van der Waals surface area contributed by atoms with Crippen molar-refractivity contribution in [3.8, 4) is 0 Å². The van der Waals surface area contributed by atoms with Gasteiger partial charge in [-0.15, -0.1) is 0 Å². The summed E-state index contributed by atoms with van der Waals surface area (Å²) in [6.45, 7) is 3.28. The van der Waals surface area contributed by atoms with Gasteiger partial charge in [0.15, 0.2) is 0 Å². The SMILES string of the molecule is CCOC(=O)C1C(C)=Nc2[nH]c(=O)[nH]c(=O)c2C1c1ccccc1[N+](=O)[O-]. The Hall–Kier alpha value is -3.56. The average Bonchev–Trinajstić information content (AvgIpc) is 2.60. The molecule has 3 rings (SSSR count). The molecule has 1 aromatic heterocycles. The van der Waals surface area contributed by atoms with Crippen LogP contribution in [0.25, 0.3) is 0 Å². The standard InChI is InChI=1S/C17H16N4O6/c1-3-27-16(23)11-8(2)18-14-13(15(22)20-17(24)19-14)12(11)9-6-4-5-7-10(9)21(25)26/h4-7,11-12H,3H2,1-2H3,(H2,19,20,22,24). The summed E-state index contributed by atoms with van der Waals surface area (Å²) >= 11 is 0. The Morgan fingerprint density at radius 1 is 1.30 bits per heavy atom. The van der Waals surface area contributed by atoms with Crippen molar-refractivity contribution in [1.82, 2.24) is 9.97 Å². The van der Waals surface area contributed by atoms with E-state index in [-0.39, 0.29) is 35.0 Å². The lowest BCUT2D eigenvalue weighted by Gasteiger charge is -2.29. The normalized spacial score (nSPS) is 18.4. The van der Waals surface area contributed by atoms with Crippen molar-refractivity contribution >= 4 is 23.2 Å². The number of nitrogens with zero attached hydrogens (tertiary/aromatic N) is 2. The zero-order valence-corrected chi connectivity index (χ0v) is 14.5. The Morgan fingerprint density at radius 3 is 2.67 bits per heavy atom. The summed E-state index contributed by atoms with van der Waals surface area (Å²) in [5, 5.41) is 11.5. The number of hydrogen-bond donors (Lipinski definition) is 2. The van der Waals surface area contributed by atoms with Gasteiger partial charge in [0.25, 0.3) is 11.2 Å². The lowest BCUT2D eigenvalue weighted by atomic mass is 9.76. The molecule has 0 bridgehead atoms. The predicted molar refractivity (Wildman–Crippen MR) is 95.5 cm³/mol. The number of carbonyl (C=O) groups is 1. The van der Waals surface area contributed by atoms with Crippen molar-refractivity contribution in [2.75, 3.05) is 6.61 Å². The van der Waals surface area contributed by atoms with Gasteiger partial charge in [0, 0.05) is 23.3 Å². The van der Waals surface area contributed by atoms with E-state index < -0.39 is 34.0 Å². The van der Waals surface area contributed by atoms with E-state index in [4.69, 9.17) is 4.74 Å². The second-order valence-electron chi connectivity index (χ2n) is 5.95. The number of aliphatic imine (C=N–C) groups is 1. The summed E-state index contributed by atoms with van der Waals surface area (Å²) in [5.74, 6) is -2.74. The lowest BCUT2D eigenvalue weighted by molar-refractivity contribution is -0.385. The molecule has 2 aromatic rings. The molecule has 10 heteroatoms. The van der Waals surface area contributed by atoms with Gasteiger partial charge in [-0.1, -0.05) is 18.2 Å². The molecule has 27 heavy (non-hydrogen) atoms. The van der Waals surface area contributed by atoms with Gasteiger partial charge in [-0.3, -0.25) is 29.7 Å². The highest BCUT2D eigenvalue weighted by Gasteiger charge is 2.43. The maximum absolute atomic E-state index is 12.6. The highest BCUT2D eigenvalue weighted by molar-refractivity contribution is 6.05. The number of esters is 1. The molecule has 2 unspecified atom stereocenters. The third-order valence-corrected chi connectivity index (χ3v) is 4.35. The van der Waals surface area contributed by atoms with Crippen LogP contribution in [-0.4, -0.2) is 33.2 Å². The first-order valence-corrected chi connectivity index (χ1v) is 8.16. The van der Waals surface area contributed by atoms with Crippen LogP contribution in [0.3, 0.4) is 0 Å². The molecule has 2 N–H and O–H groups in total. The molecule has 1 aliphatic rings. The van der Waals surface area contributed by atoms with Crippen LogP contribution in [0.5, 0.6) is 0 Å². The number of H-pyrrole nitrogens is 2. The molecule has 2 heterocycles. The van der Waals surface area contributed by atoms with Gasteiger partial charge in [-0.2, -0.15) is 0 Å². The number of fused-ring (bicyclic) bond motifs is 1.